The summed E-state index contributed by atoms with van der Waals surface area (Å²) in [5, 5.41) is 11.5. The molecule has 102 valence electrons. The molecule has 0 aliphatic carbocycles. The molecule has 4 heteroatoms. The van der Waals surface area contributed by atoms with E-state index < -0.39 is 0 Å². The Bertz CT molecular complexity index is 447. The third-order valence-electron chi connectivity index (χ3n) is 3.19. The van der Waals surface area contributed by atoms with Gasteiger partial charge < -0.3 is 11.1 Å². The van der Waals surface area contributed by atoms with Crippen molar-refractivity contribution in [1.29, 1.82) is 5.26 Å². The number of carbonyl (C=O) groups excluding carboxylic acids is 1. The van der Waals surface area contributed by atoms with Crippen LogP contribution < -0.4 is 11.1 Å². The molecule has 2 atom stereocenters. The molecule has 0 bridgehead atoms. The number of nitrogens with zero attached hydrogens (tertiary/aromatic N) is 1. The Morgan fingerprint density at radius 1 is 1.42 bits per heavy atom. The molecule has 0 saturated heterocycles. The van der Waals surface area contributed by atoms with Crippen molar-refractivity contribution in [2.24, 2.45) is 0 Å². The molecule has 1 aromatic carbocycles. The highest BCUT2D eigenvalue weighted by atomic mass is 16.1. The number of carbonyl (C=O) groups is 1. The van der Waals surface area contributed by atoms with Crippen molar-refractivity contribution in [3.63, 3.8) is 0 Å². The average Bonchev–Trinajstić information content (AvgIpc) is 2.38. The number of rotatable bonds is 6. The van der Waals surface area contributed by atoms with Crippen molar-refractivity contribution < 1.29 is 4.79 Å². The van der Waals surface area contributed by atoms with E-state index in [4.69, 9.17) is 11.0 Å². The lowest BCUT2D eigenvalue weighted by atomic mass is 9.97. The zero-order chi connectivity index (χ0) is 14.3. The Labute approximate surface area is 114 Å². The van der Waals surface area contributed by atoms with Crippen molar-refractivity contribution in [3.05, 3.63) is 29.8 Å². The molecule has 0 aliphatic heterocycles. The molecule has 0 aliphatic rings. The Balaban J connectivity index is 2.52. The Morgan fingerprint density at radius 3 is 2.58 bits per heavy atom. The summed E-state index contributed by atoms with van der Waals surface area (Å²) in [7, 11) is 0. The minimum Gasteiger partial charge on any atom is -0.399 e. The number of hydrogen-bond donors (Lipinski definition) is 2. The molecule has 0 heterocycles. The number of nitrogens with one attached hydrogen (secondary N) is 1. The molecule has 1 rings (SSSR count). The van der Waals surface area contributed by atoms with E-state index in [-0.39, 0.29) is 17.9 Å². The molecule has 0 aromatic heterocycles. The van der Waals surface area contributed by atoms with Crippen LogP contribution in [0.15, 0.2) is 24.3 Å². The fourth-order valence-electron chi connectivity index (χ4n) is 1.91. The smallest absolute Gasteiger partial charge is 0.220 e. The van der Waals surface area contributed by atoms with E-state index in [2.05, 4.69) is 11.4 Å². The van der Waals surface area contributed by atoms with Gasteiger partial charge in [0.2, 0.25) is 5.91 Å². The van der Waals surface area contributed by atoms with Gasteiger partial charge in [-0.25, -0.2) is 0 Å². The number of nitriles is 1. The monoisotopic (exact) mass is 259 g/mol. The molecule has 2 unspecified atom stereocenters. The Hall–Kier alpha value is -2.02. The van der Waals surface area contributed by atoms with Crippen molar-refractivity contribution >= 4 is 11.6 Å². The van der Waals surface area contributed by atoms with Crippen LogP contribution in [0.25, 0.3) is 0 Å². The Kier molecular flexibility index (Phi) is 5.87. The summed E-state index contributed by atoms with van der Waals surface area (Å²) in [5.41, 5.74) is 7.45. The first-order valence-electron chi connectivity index (χ1n) is 6.58. The lowest BCUT2D eigenvalue weighted by molar-refractivity contribution is -0.122. The molecule has 0 fully saturated rings. The van der Waals surface area contributed by atoms with E-state index in [0.29, 0.717) is 12.8 Å². The van der Waals surface area contributed by atoms with Crippen molar-refractivity contribution in [2.45, 2.75) is 45.1 Å². The van der Waals surface area contributed by atoms with Gasteiger partial charge in [0.15, 0.2) is 0 Å². The minimum absolute atomic E-state index is 0.00794. The molecule has 4 nitrogen and oxygen atoms in total. The van der Waals surface area contributed by atoms with Crippen LogP contribution in [0.2, 0.25) is 0 Å². The number of hydrogen-bond acceptors (Lipinski definition) is 3. The standard InChI is InChI=1S/C15H21N3O/c1-3-14(8-9-16)18-15(19)10-11(2)12-4-6-13(17)7-5-12/h4-7,11,14H,3,8,10,17H2,1-2H3,(H,18,19). The molecular formula is C15H21N3O. The normalized spacial score (nSPS) is 13.3. The van der Waals surface area contributed by atoms with Crippen LogP contribution in [0.1, 0.15) is 44.6 Å². The quantitative estimate of drug-likeness (QED) is 0.771. The van der Waals surface area contributed by atoms with Gasteiger partial charge in [-0.2, -0.15) is 5.26 Å². The van der Waals surface area contributed by atoms with Gasteiger partial charge in [0, 0.05) is 18.2 Å². The summed E-state index contributed by atoms with van der Waals surface area (Å²) in [6.07, 6.45) is 1.56. The summed E-state index contributed by atoms with van der Waals surface area (Å²) in [5.74, 6) is 0.131. The average molecular weight is 259 g/mol. The van der Waals surface area contributed by atoms with Crippen LogP contribution in [0.3, 0.4) is 0 Å². The zero-order valence-electron chi connectivity index (χ0n) is 11.5. The molecular weight excluding hydrogens is 238 g/mol. The van der Waals surface area contributed by atoms with Crippen LogP contribution >= 0.6 is 0 Å². The summed E-state index contributed by atoms with van der Waals surface area (Å²) in [4.78, 5) is 11.9. The predicted octanol–water partition coefficient (Wildman–Crippen LogP) is 2.57. The van der Waals surface area contributed by atoms with Gasteiger partial charge in [-0.3, -0.25) is 4.79 Å². The van der Waals surface area contributed by atoms with E-state index in [1.807, 2.05) is 38.1 Å². The SMILES string of the molecule is CCC(CC#N)NC(=O)CC(C)c1ccc(N)cc1. The van der Waals surface area contributed by atoms with Crippen LogP contribution in [-0.4, -0.2) is 11.9 Å². The zero-order valence-corrected chi connectivity index (χ0v) is 11.5. The first-order valence-corrected chi connectivity index (χ1v) is 6.58. The van der Waals surface area contributed by atoms with Crippen LogP contribution in [0.5, 0.6) is 0 Å². The first-order chi connectivity index (χ1) is 9.06. The molecule has 3 N–H and O–H groups in total. The van der Waals surface area contributed by atoms with Gasteiger partial charge in [-0.1, -0.05) is 26.0 Å². The summed E-state index contributed by atoms with van der Waals surface area (Å²) >= 11 is 0. The first kappa shape index (κ1) is 15.0. The largest absolute Gasteiger partial charge is 0.399 e. The van der Waals surface area contributed by atoms with Gasteiger partial charge in [-0.05, 0) is 30.0 Å². The number of nitrogen functional groups attached to an aromatic ring is 1. The fraction of sp³-hybridized carbons (Fsp3) is 0.467. The summed E-state index contributed by atoms with van der Waals surface area (Å²) < 4.78 is 0. The van der Waals surface area contributed by atoms with E-state index in [1.54, 1.807) is 0 Å². The number of nitrogens with two attached hydrogens (primary N) is 1. The number of benzene rings is 1. The van der Waals surface area contributed by atoms with E-state index in [1.165, 1.54) is 0 Å². The second-order valence-corrected chi connectivity index (χ2v) is 4.81. The molecule has 0 spiro atoms. The van der Waals surface area contributed by atoms with Crippen LogP contribution in [-0.2, 0) is 4.79 Å². The molecule has 0 radical (unpaired) electrons. The Morgan fingerprint density at radius 2 is 2.05 bits per heavy atom. The molecule has 19 heavy (non-hydrogen) atoms. The summed E-state index contributed by atoms with van der Waals surface area (Å²) in [6, 6.07) is 9.61. The van der Waals surface area contributed by atoms with Gasteiger partial charge in [0.1, 0.15) is 0 Å². The number of amides is 1. The topological polar surface area (TPSA) is 78.9 Å². The highest BCUT2D eigenvalue weighted by molar-refractivity contribution is 5.77. The van der Waals surface area contributed by atoms with Gasteiger partial charge in [0.25, 0.3) is 0 Å². The fourth-order valence-corrected chi connectivity index (χ4v) is 1.91. The highest BCUT2D eigenvalue weighted by Gasteiger charge is 2.14. The van der Waals surface area contributed by atoms with Gasteiger partial charge in [-0.15, -0.1) is 0 Å². The second-order valence-electron chi connectivity index (χ2n) is 4.81. The van der Waals surface area contributed by atoms with Crippen molar-refractivity contribution in [1.82, 2.24) is 5.32 Å². The maximum absolute atomic E-state index is 11.9. The summed E-state index contributed by atoms with van der Waals surface area (Å²) in [6.45, 7) is 3.97. The lowest BCUT2D eigenvalue weighted by Gasteiger charge is -2.16. The van der Waals surface area contributed by atoms with Crippen LogP contribution in [0, 0.1) is 11.3 Å². The maximum Gasteiger partial charge on any atom is 0.220 e. The van der Waals surface area contributed by atoms with Crippen LogP contribution in [0.4, 0.5) is 5.69 Å². The lowest BCUT2D eigenvalue weighted by Crippen LogP contribution is -2.34. The van der Waals surface area contributed by atoms with E-state index in [0.717, 1.165) is 17.7 Å². The third kappa shape index (κ3) is 5.01. The molecule has 1 amide bonds. The number of anilines is 1. The van der Waals surface area contributed by atoms with E-state index >= 15 is 0 Å². The molecule has 0 saturated carbocycles. The minimum atomic E-state index is -0.0453. The predicted molar refractivity (Wildman–Crippen MR) is 76.3 cm³/mol. The maximum atomic E-state index is 11.9. The van der Waals surface area contributed by atoms with Gasteiger partial charge in [0.05, 0.1) is 12.5 Å². The van der Waals surface area contributed by atoms with Gasteiger partial charge >= 0.3 is 0 Å². The van der Waals surface area contributed by atoms with E-state index in [9.17, 15) is 4.79 Å². The van der Waals surface area contributed by atoms with Crippen molar-refractivity contribution in [3.8, 4) is 6.07 Å². The molecule has 1 aromatic rings. The second kappa shape index (κ2) is 7.42. The van der Waals surface area contributed by atoms with Crippen molar-refractivity contribution in [2.75, 3.05) is 5.73 Å². The third-order valence-corrected chi connectivity index (χ3v) is 3.19. The highest BCUT2D eigenvalue weighted by Crippen LogP contribution is 2.20.